The van der Waals surface area contributed by atoms with E-state index in [1.807, 2.05) is 45.0 Å². The van der Waals surface area contributed by atoms with Crippen LogP contribution < -0.4 is 5.32 Å². The van der Waals surface area contributed by atoms with E-state index < -0.39 is 28.5 Å². The Kier molecular flexibility index (Phi) is 9.24. The normalized spacial score (nSPS) is 12.4. The molecule has 0 aliphatic carbocycles. The van der Waals surface area contributed by atoms with Crippen LogP contribution in [0.4, 0.5) is 0 Å². The van der Waals surface area contributed by atoms with Gasteiger partial charge in [-0.2, -0.15) is 4.31 Å². The summed E-state index contributed by atoms with van der Waals surface area (Å²) in [5, 5.41) is 3.19. The number of carbonyl (C=O) groups is 2. The third-order valence-electron chi connectivity index (χ3n) is 5.22. The first-order chi connectivity index (χ1) is 15.1. The van der Waals surface area contributed by atoms with Gasteiger partial charge in [0, 0.05) is 25.2 Å². The molecule has 0 heterocycles. The van der Waals surface area contributed by atoms with E-state index in [1.54, 1.807) is 0 Å². The maximum Gasteiger partial charge on any atom is 0.243 e. The first kappa shape index (κ1) is 25.8. The molecule has 7 nitrogen and oxygen atoms in total. The minimum atomic E-state index is -3.90. The van der Waals surface area contributed by atoms with E-state index in [9.17, 15) is 18.0 Å². The molecule has 0 saturated heterocycles. The summed E-state index contributed by atoms with van der Waals surface area (Å²) in [6, 6.07) is 12.6. The van der Waals surface area contributed by atoms with Gasteiger partial charge in [-0.05, 0) is 55.7 Å². The highest BCUT2D eigenvalue weighted by atomic mass is 35.5. The SMILES string of the molecule is CCNC(=O)[C@@H](CC)N(Cc1ccccc1C)C(=O)CN(C)S(=O)(=O)c1ccc(Cl)cc1. The number of hydrogen-bond acceptors (Lipinski definition) is 4. The maximum atomic E-state index is 13.3. The molecule has 0 bridgehead atoms. The Morgan fingerprint density at radius 2 is 1.69 bits per heavy atom. The minimum absolute atomic E-state index is 0.0402. The molecule has 0 aromatic heterocycles. The van der Waals surface area contributed by atoms with E-state index >= 15 is 0 Å². The van der Waals surface area contributed by atoms with Gasteiger partial charge in [0.25, 0.3) is 0 Å². The van der Waals surface area contributed by atoms with Gasteiger partial charge in [-0.25, -0.2) is 8.42 Å². The van der Waals surface area contributed by atoms with Gasteiger partial charge in [0.05, 0.1) is 11.4 Å². The van der Waals surface area contributed by atoms with Crippen molar-refractivity contribution in [1.29, 1.82) is 0 Å². The largest absolute Gasteiger partial charge is 0.355 e. The highest BCUT2D eigenvalue weighted by Crippen LogP contribution is 2.19. The highest BCUT2D eigenvalue weighted by Gasteiger charge is 2.31. The molecule has 2 amide bonds. The van der Waals surface area contributed by atoms with Gasteiger partial charge < -0.3 is 10.2 Å². The van der Waals surface area contributed by atoms with Crippen molar-refractivity contribution in [2.24, 2.45) is 0 Å². The molecule has 0 aliphatic rings. The molecule has 1 atom stereocenters. The highest BCUT2D eigenvalue weighted by molar-refractivity contribution is 7.89. The Labute approximate surface area is 195 Å². The van der Waals surface area contributed by atoms with Gasteiger partial charge in [0.2, 0.25) is 21.8 Å². The fourth-order valence-corrected chi connectivity index (χ4v) is 4.58. The van der Waals surface area contributed by atoms with Gasteiger partial charge >= 0.3 is 0 Å². The molecule has 2 aromatic rings. The molecule has 1 N–H and O–H groups in total. The summed E-state index contributed by atoms with van der Waals surface area (Å²) in [7, 11) is -2.55. The fraction of sp³-hybridized carbons (Fsp3) is 0.391. The zero-order chi connectivity index (χ0) is 23.9. The number of halogens is 1. The number of nitrogens with zero attached hydrogens (tertiary/aromatic N) is 2. The van der Waals surface area contributed by atoms with E-state index in [0.717, 1.165) is 15.4 Å². The predicted molar refractivity (Wildman–Crippen MR) is 126 cm³/mol. The van der Waals surface area contributed by atoms with Crippen LogP contribution in [0.1, 0.15) is 31.4 Å². The van der Waals surface area contributed by atoms with Crippen LogP contribution >= 0.6 is 11.6 Å². The van der Waals surface area contributed by atoms with E-state index in [-0.39, 0.29) is 17.3 Å². The number of rotatable bonds is 10. The maximum absolute atomic E-state index is 13.3. The minimum Gasteiger partial charge on any atom is -0.355 e. The summed E-state index contributed by atoms with van der Waals surface area (Å²) in [6.45, 7) is 5.81. The van der Waals surface area contributed by atoms with Crippen molar-refractivity contribution >= 4 is 33.4 Å². The Balaban J connectivity index is 2.33. The zero-order valence-electron chi connectivity index (χ0n) is 18.8. The second-order valence-corrected chi connectivity index (χ2v) is 9.96. The predicted octanol–water partition coefficient (Wildman–Crippen LogP) is 3.21. The molecular formula is C23H30ClN3O4S. The average Bonchev–Trinajstić information content (AvgIpc) is 2.75. The Bertz CT molecular complexity index is 1040. The van der Waals surface area contributed by atoms with Crippen molar-refractivity contribution in [3.63, 3.8) is 0 Å². The summed E-state index contributed by atoms with van der Waals surface area (Å²) in [5.74, 6) is -0.716. The Hall–Kier alpha value is -2.42. The molecule has 32 heavy (non-hydrogen) atoms. The summed E-state index contributed by atoms with van der Waals surface area (Å²) in [6.07, 6.45) is 0.400. The van der Waals surface area contributed by atoms with Crippen molar-refractivity contribution in [1.82, 2.24) is 14.5 Å². The van der Waals surface area contributed by atoms with Crippen molar-refractivity contribution in [2.45, 2.75) is 44.7 Å². The number of sulfonamides is 1. The second-order valence-electron chi connectivity index (χ2n) is 7.48. The molecule has 174 valence electrons. The standard InChI is InChI=1S/C23H30ClN3O4S/c1-5-21(23(29)25-6-2)27(15-18-10-8-7-9-17(18)3)22(28)16-26(4)32(30,31)20-13-11-19(24)12-14-20/h7-14,21H,5-6,15-16H2,1-4H3,(H,25,29)/t21-/m1/s1. The smallest absolute Gasteiger partial charge is 0.243 e. The summed E-state index contributed by atoms with van der Waals surface area (Å²) >= 11 is 5.86. The molecule has 0 radical (unpaired) electrons. The quantitative estimate of drug-likeness (QED) is 0.566. The molecule has 2 aromatic carbocycles. The van der Waals surface area contributed by atoms with E-state index in [4.69, 9.17) is 11.6 Å². The molecular weight excluding hydrogens is 450 g/mol. The average molecular weight is 480 g/mol. The van der Waals surface area contributed by atoms with Gasteiger partial charge in [0.1, 0.15) is 6.04 Å². The first-order valence-corrected chi connectivity index (χ1v) is 12.3. The number of amides is 2. The third kappa shape index (κ3) is 6.31. The van der Waals surface area contributed by atoms with Gasteiger partial charge in [-0.1, -0.05) is 42.8 Å². The number of likely N-dealkylation sites (N-methyl/N-ethyl adjacent to an activating group) is 2. The summed E-state index contributed by atoms with van der Waals surface area (Å²) in [5.41, 5.74) is 1.88. The van der Waals surface area contributed by atoms with Crippen LogP contribution in [0, 0.1) is 6.92 Å². The molecule has 0 unspecified atom stereocenters. The van der Waals surface area contributed by atoms with Crippen LogP contribution in [0.3, 0.4) is 0 Å². The van der Waals surface area contributed by atoms with Crippen molar-refractivity contribution in [2.75, 3.05) is 20.1 Å². The van der Waals surface area contributed by atoms with Gasteiger partial charge in [-0.15, -0.1) is 0 Å². The van der Waals surface area contributed by atoms with Crippen molar-refractivity contribution < 1.29 is 18.0 Å². The first-order valence-electron chi connectivity index (χ1n) is 10.4. The van der Waals surface area contributed by atoms with Crippen LogP contribution in [0.2, 0.25) is 5.02 Å². The zero-order valence-corrected chi connectivity index (χ0v) is 20.4. The molecule has 0 fully saturated rings. The number of hydrogen-bond donors (Lipinski definition) is 1. The lowest BCUT2D eigenvalue weighted by molar-refractivity contribution is -0.141. The van der Waals surface area contributed by atoms with Crippen LogP contribution in [-0.2, 0) is 26.2 Å². The molecule has 0 aliphatic heterocycles. The Morgan fingerprint density at radius 3 is 2.25 bits per heavy atom. The Morgan fingerprint density at radius 1 is 1.06 bits per heavy atom. The lowest BCUT2D eigenvalue weighted by atomic mass is 10.1. The lowest BCUT2D eigenvalue weighted by Crippen LogP contribution is -2.51. The van der Waals surface area contributed by atoms with Crippen LogP contribution in [-0.4, -0.2) is 55.6 Å². The number of carbonyl (C=O) groups excluding carboxylic acids is 2. The number of nitrogens with one attached hydrogen (secondary N) is 1. The van der Waals surface area contributed by atoms with Crippen LogP contribution in [0.5, 0.6) is 0 Å². The monoisotopic (exact) mass is 479 g/mol. The van der Waals surface area contributed by atoms with Crippen LogP contribution in [0.15, 0.2) is 53.4 Å². The number of aryl methyl sites for hydroxylation is 1. The lowest BCUT2D eigenvalue weighted by Gasteiger charge is -2.32. The topological polar surface area (TPSA) is 86.8 Å². The number of benzene rings is 2. The summed E-state index contributed by atoms with van der Waals surface area (Å²) in [4.78, 5) is 27.5. The summed E-state index contributed by atoms with van der Waals surface area (Å²) < 4.78 is 26.8. The molecule has 9 heteroatoms. The molecule has 0 spiro atoms. The van der Waals surface area contributed by atoms with Gasteiger partial charge in [0.15, 0.2) is 0 Å². The van der Waals surface area contributed by atoms with E-state index in [2.05, 4.69) is 5.32 Å². The molecule has 0 saturated carbocycles. The van der Waals surface area contributed by atoms with E-state index in [0.29, 0.717) is 18.0 Å². The second kappa shape index (κ2) is 11.4. The van der Waals surface area contributed by atoms with Crippen molar-refractivity contribution in [3.8, 4) is 0 Å². The van der Waals surface area contributed by atoms with Crippen LogP contribution in [0.25, 0.3) is 0 Å². The van der Waals surface area contributed by atoms with Crippen molar-refractivity contribution in [3.05, 3.63) is 64.7 Å². The van der Waals surface area contributed by atoms with E-state index in [1.165, 1.54) is 36.2 Å². The fourth-order valence-electron chi connectivity index (χ4n) is 3.34. The third-order valence-corrected chi connectivity index (χ3v) is 7.29. The van der Waals surface area contributed by atoms with Gasteiger partial charge in [-0.3, -0.25) is 9.59 Å². The molecule has 2 rings (SSSR count).